The maximum absolute atomic E-state index is 15.8. The monoisotopic (exact) mass is 725 g/mol. The number of aliphatic carboxylic acids is 1. The first kappa shape index (κ1) is 34.5. The van der Waals surface area contributed by atoms with Crippen LogP contribution < -0.4 is 0 Å². The van der Waals surface area contributed by atoms with E-state index in [4.69, 9.17) is 23.2 Å². The number of nitrogens with zero attached hydrogens (tertiary/aromatic N) is 2. The van der Waals surface area contributed by atoms with E-state index >= 15 is 13.2 Å². The number of carbonyl (C=O) groups excluding carboxylic acids is 2. The molecule has 0 spiro atoms. The van der Waals surface area contributed by atoms with Crippen LogP contribution in [0.25, 0.3) is 21.8 Å². The van der Waals surface area contributed by atoms with E-state index in [1.54, 1.807) is 0 Å². The lowest BCUT2D eigenvalue weighted by atomic mass is 9.89. The van der Waals surface area contributed by atoms with Crippen molar-refractivity contribution in [2.24, 2.45) is 0 Å². The van der Waals surface area contributed by atoms with E-state index in [0.717, 1.165) is 9.13 Å². The van der Waals surface area contributed by atoms with Gasteiger partial charge in [0.15, 0.2) is 34.8 Å². The molecular formula is C36H23Cl2F4N2O6. The maximum atomic E-state index is 15.8. The fourth-order valence-electron chi connectivity index (χ4n) is 6.29. The van der Waals surface area contributed by atoms with Crippen LogP contribution in [-0.2, 0) is 11.2 Å². The predicted octanol–water partition coefficient (Wildman–Crippen LogP) is 8.47. The van der Waals surface area contributed by atoms with Crippen LogP contribution in [0.1, 0.15) is 55.6 Å². The molecule has 0 saturated carbocycles. The van der Waals surface area contributed by atoms with Gasteiger partial charge in [-0.2, -0.15) is 0 Å². The molecule has 6 aromatic rings. The van der Waals surface area contributed by atoms with Crippen molar-refractivity contribution in [1.82, 2.24) is 9.13 Å². The van der Waals surface area contributed by atoms with Gasteiger partial charge in [-0.15, -0.1) is 0 Å². The molecule has 4 aromatic carbocycles. The molecule has 0 bridgehead atoms. The highest BCUT2D eigenvalue weighted by Gasteiger charge is 2.34. The molecule has 50 heavy (non-hydrogen) atoms. The zero-order valence-electron chi connectivity index (χ0n) is 25.9. The molecule has 2 aromatic heterocycles. The number of hydrogen-bond donors (Lipinski definition) is 3. The number of fused-ring (bicyclic) bond motifs is 2. The molecule has 0 amide bonds. The maximum Gasteiger partial charge on any atom is 0.311 e. The van der Waals surface area contributed by atoms with Gasteiger partial charge in [0, 0.05) is 61.0 Å². The van der Waals surface area contributed by atoms with E-state index < -0.39 is 93.2 Å². The number of rotatable bonds is 7. The van der Waals surface area contributed by atoms with Crippen LogP contribution in [0, 0.1) is 43.2 Å². The number of aromatic hydroxyl groups is 2. The van der Waals surface area contributed by atoms with E-state index in [9.17, 15) is 34.1 Å². The number of benzene rings is 4. The molecule has 0 aliphatic heterocycles. The lowest BCUT2D eigenvalue weighted by Crippen LogP contribution is -2.18. The Balaban J connectivity index is 1.53. The van der Waals surface area contributed by atoms with Gasteiger partial charge < -0.3 is 15.3 Å². The molecule has 6 rings (SSSR count). The number of halogens is 6. The summed E-state index contributed by atoms with van der Waals surface area (Å²) in [5.41, 5.74) is -1.48. The summed E-state index contributed by atoms with van der Waals surface area (Å²) in [4.78, 5) is 40.2. The Morgan fingerprint density at radius 1 is 0.800 bits per heavy atom. The number of phenols is 2. The number of aryl methyl sites for hydroxylation is 2. The minimum absolute atomic E-state index is 0.0331. The van der Waals surface area contributed by atoms with Crippen molar-refractivity contribution in [3.8, 4) is 11.5 Å². The minimum Gasteiger partial charge on any atom is -0.503 e. The van der Waals surface area contributed by atoms with Gasteiger partial charge in [-0.3, -0.25) is 23.5 Å². The molecule has 3 N–H and O–H groups in total. The first-order valence-electron chi connectivity index (χ1n) is 14.8. The molecule has 1 radical (unpaired) electrons. The fourth-order valence-corrected chi connectivity index (χ4v) is 6.54. The molecule has 0 aliphatic carbocycles. The van der Waals surface area contributed by atoms with Gasteiger partial charge in [0.25, 0.3) is 11.8 Å². The number of hydrogen-bond acceptors (Lipinski definition) is 5. The largest absolute Gasteiger partial charge is 0.503 e. The average molecular weight is 726 g/mol. The zero-order chi connectivity index (χ0) is 36.3. The van der Waals surface area contributed by atoms with Crippen LogP contribution in [0.5, 0.6) is 11.5 Å². The van der Waals surface area contributed by atoms with Gasteiger partial charge in [0.2, 0.25) is 0 Å². The van der Waals surface area contributed by atoms with Crippen molar-refractivity contribution in [2.45, 2.75) is 32.6 Å². The summed E-state index contributed by atoms with van der Waals surface area (Å²) >= 11 is 11.9. The van der Waals surface area contributed by atoms with Crippen LogP contribution in [0.4, 0.5) is 17.6 Å². The highest BCUT2D eigenvalue weighted by Crippen LogP contribution is 2.42. The smallest absolute Gasteiger partial charge is 0.311 e. The summed E-state index contributed by atoms with van der Waals surface area (Å²) in [5.74, 6) is -13.5. The zero-order valence-corrected chi connectivity index (χ0v) is 27.4. The van der Waals surface area contributed by atoms with E-state index in [1.807, 2.05) is 0 Å². The van der Waals surface area contributed by atoms with Gasteiger partial charge in [-0.1, -0.05) is 23.2 Å². The summed E-state index contributed by atoms with van der Waals surface area (Å²) in [6.45, 7) is 2.70. The first-order chi connectivity index (χ1) is 23.6. The van der Waals surface area contributed by atoms with Crippen molar-refractivity contribution in [3.05, 3.63) is 128 Å². The molecule has 2 heterocycles. The van der Waals surface area contributed by atoms with Gasteiger partial charge in [-0.05, 0) is 80.8 Å². The summed E-state index contributed by atoms with van der Waals surface area (Å²) < 4.78 is 63.3. The molecule has 0 fully saturated rings. The first-order valence-corrected chi connectivity index (χ1v) is 15.6. The van der Waals surface area contributed by atoms with Gasteiger partial charge >= 0.3 is 5.97 Å². The van der Waals surface area contributed by atoms with E-state index in [2.05, 4.69) is 6.07 Å². The standard InChI is InChI=1S/C36H23Cl2F4N2O6/c1-15-13-23-29(41)33(46)28(40)22(31(23)43(15)34(47)17-3-7-19(37)8-4-17)12-11-21(36(49)50)26-16(2)44(35(48)18-5-9-20(38)10-6-18)25-14-24(39)32(45)30(42)27(25)26/h3-10,14,21,45-46H,11-12H2,1-2H3,(H,49,50). The van der Waals surface area contributed by atoms with Crippen LogP contribution in [0.15, 0.2) is 54.6 Å². The van der Waals surface area contributed by atoms with Crippen LogP contribution in [0.2, 0.25) is 10.0 Å². The van der Waals surface area contributed by atoms with Crippen LogP contribution in [-0.4, -0.2) is 42.2 Å². The quantitative estimate of drug-likeness (QED) is 0.142. The van der Waals surface area contributed by atoms with Crippen molar-refractivity contribution in [3.63, 3.8) is 0 Å². The summed E-state index contributed by atoms with van der Waals surface area (Å²) in [5, 5.41) is 30.6. The molecule has 1 atom stereocenters. The predicted molar refractivity (Wildman–Crippen MR) is 176 cm³/mol. The second-order valence-corrected chi connectivity index (χ2v) is 12.4. The Labute approximate surface area is 290 Å². The molecule has 255 valence electrons. The lowest BCUT2D eigenvalue weighted by Gasteiger charge is -2.17. The summed E-state index contributed by atoms with van der Waals surface area (Å²) in [7, 11) is 0. The molecule has 1 unspecified atom stereocenters. The lowest BCUT2D eigenvalue weighted by molar-refractivity contribution is -0.139. The van der Waals surface area contributed by atoms with E-state index in [0.29, 0.717) is 16.1 Å². The molecular weight excluding hydrogens is 703 g/mol. The van der Waals surface area contributed by atoms with E-state index in [-0.39, 0.29) is 33.6 Å². The Hall–Kier alpha value is -5.33. The van der Waals surface area contributed by atoms with Crippen molar-refractivity contribution in [2.75, 3.05) is 0 Å². The third-order valence-electron chi connectivity index (χ3n) is 8.61. The topological polar surface area (TPSA) is 122 Å². The Morgan fingerprint density at radius 2 is 1.34 bits per heavy atom. The van der Waals surface area contributed by atoms with Gasteiger partial charge in [0.1, 0.15) is 0 Å². The van der Waals surface area contributed by atoms with Crippen LogP contribution in [0.3, 0.4) is 0 Å². The summed E-state index contributed by atoms with van der Waals surface area (Å²) in [6, 6.07) is 14.5. The van der Waals surface area contributed by atoms with Crippen molar-refractivity contribution in [1.29, 1.82) is 0 Å². The third-order valence-corrected chi connectivity index (χ3v) is 9.12. The second-order valence-electron chi connectivity index (χ2n) is 11.5. The fraction of sp³-hybridized carbons (Fsp3) is 0.139. The Bertz CT molecular complexity index is 2400. The normalized spacial score (nSPS) is 12.2. The minimum atomic E-state index is -1.75. The average Bonchev–Trinajstić information content (AvgIpc) is 3.57. The van der Waals surface area contributed by atoms with Gasteiger partial charge in [-0.25, -0.2) is 17.6 Å². The van der Waals surface area contributed by atoms with E-state index in [1.165, 1.54) is 62.4 Å². The Morgan fingerprint density at radius 3 is 1.88 bits per heavy atom. The number of aromatic nitrogens is 2. The molecule has 0 saturated heterocycles. The number of carbonyl (C=O) groups is 3. The highest BCUT2D eigenvalue weighted by molar-refractivity contribution is 6.31. The third kappa shape index (κ3) is 5.54. The van der Waals surface area contributed by atoms with Crippen molar-refractivity contribution < 1.29 is 47.3 Å². The van der Waals surface area contributed by atoms with Gasteiger partial charge in [0.05, 0.1) is 17.0 Å². The summed E-state index contributed by atoms with van der Waals surface area (Å²) in [6.07, 6.45) is -1.15. The second kappa shape index (κ2) is 12.8. The number of carboxylic acid groups (broad SMARTS) is 1. The number of phenolic OH excluding ortho intramolecular Hbond substituents is 2. The highest BCUT2D eigenvalue weighted by atomic mass is 35.5. The molecule has 14 heteroatoms. The van der Waals surface area contributed by atoms with Crippen molar-refractivity contribution >= 4 is 62.8 Å². The SMILES string of the molecule is Cc1c(C(CCc2c(F)c(O)c(F)c3[c]c(C)n(C(=O)c4ccc(Cl)cc4)c23)C(=O)O)c2c(F)c(O)c(F)cc2n1C(=O)c1ccc(Cl)cc1. The van der Waals surface area contributed by atoms with Crippen LogP contribution >= 0.6 is 23.2 Å². The Kier molecular flexibility index (Phi) is 8.87. The molecule has 0 aliphatic rings. The molecule has 8 nitrogen and oxygen atoms in total. The number of carboxylic acids is 1.